The topological polar surface area (TPSA) is 88.0 Å². The van der Waals surface area contributed by atoms with E-state index in [4.69, 9.17) is 5.73 Å². The molecule has 0 aromatic carbocycles. The van der Waals surface area contributed by atoms with Gasteiger partial charge in [0.25, 0.3) is 5.56 Å². The lowest BCUT2D eigenvalue weighted by molar-refractivity contribution is 0.0694. The van der Waals surface area contributed by atoms with Crippen LogP contribution in [0.5, 0.6) is 0 Å². The lowest BCUT2D eigenvalue weighted by Gasteiger charge is -2.24. The molecule has 4 rings (SSSR count). The Morgan fingerprint density at radius 3 is 2.58 bits per heavy atom. The number of pyridine rings is 2. The third kappa shape index (κ3) is 2.49. The molecule has 0 bridgehead atoms. The first-order valence-corrected chi connectivity index (χ1v) is 8.91. The van der Waals surface area contributed by atoms with Crippen molar-refractivity contribution in [3.05, 3.63) is 45.1 Å². The smallest absolute Gasteiger partial charge is 0.341 e. The van der Waals surface area contributed by atoms with Crippen molar-refractivity contribution in [2.45, 2.75) is 38.6 Å². The molecule has 2 aromatic rings. The number of fused-ring (bicyclic) bond motifs is 1. The van der Waals surface area contributed by atoms with Crippen LogP contribution < -0.4 is 16.2 Å². The molecule has 1 aliphatic heterocycles. The van der Waals surface area contributed by atoms with E-state index in [-0.39, 0.29) is 23.4 Å². The van der Waals surface area contributed by atoms with Crippen molar-refractivity contribution in [3.63, 3.8) is 0 Å². The van der Waals surface area contributed by atoms with Crippen LogP contribution in [0.3, 0.4) is 0 Å². The number of carboxylic acid groups (broad SMARTS) is 1. The second kappa shape index (κ2) is 5.81. The van der Waals surface area contributed by atoms with Crippen LogP contribution in [-0.4, -0.2) is 34.6 Å². The van der Waals surface area contributed by atoms with Crippen LogP contribution in [0, 0.1) is 18.7 Å². The second-order valence-corrected chi connectivity index (χ2v) is 7.61. The Balaban J connectivity index is 2.00. The molecule has 7 heteroatoms. The van der Waals surface area contributed by atoms with Gasteiger partial charge in [-0.1, -0.05) is 6.92 Å². The Labute approximate surface area is 150 Å². The van der Waals surface area contributed by atoms with Gasteiger partial charge in [0, 0.05) is 19.1 Å². The lowest BCUT2D eigenvalue weighted by Crippen LogP contribution is -2.30. The molecule has 0 radical (unpaired) electrons. The Morgan fingerprint density at radius 1 is 1.35 bits per heavy atom. The highest BCUT2D eigenvalue weighted by Gasteiger charge is 2.33. The number of aryl methyl sites for hydroxylation is 1. The molecule has 0 unspecified atom stereocenters. The van der Waals surface area contributed by atoms with Crippen molar-refractivity contribution >= 4 is 17.2 Å². The van der Waals surface area contributed by atoms with E-state index in [0.29, 0.717) is 29.9 Å². The minimum Gasteiger partial charge on any atom is -0.477 e. The van der Waals surface area contributed by atoms with E-state index in [9.17, 15) is 19.1 Å². The zero-order chi connectivity index (χ0) is 18.7. The predicted octanol–water partition coefficient (Wildman–Crippen LogP) is 2.11. The number of rotatable bonds is 3. The number of halogens is 1. The van der Waals surface area contributed by atoms with E-state index in [2.05, 4.69) is 0 Å². The number of aromatic nitrogens is 1. The first-order valence-electron chi connectivity index (χ1n) is 8.91. The summed E-state index contributed by atoms with van der Waals surface area (Å²) >= 11 is 0. The summed E-state index contributed by atoms with van der Waals surface area (Å²) in [5, 5.41) is 9.35. The van der Waals surface area contributed by atoms with E-state index in [0.717, 1.165) is 24.6 Å². The zero-order valence-electron chi connectivity index (χ0n) is 14.8. The maximum Gasteiger partial charge on any atom is 0.341 e. The van der Waals surface area contributed by atoms with Gasteiger partial charge in [0.15, 0.2) is 5.82 Å². The molecular weight excluding hydrogens is 337 g/mol. The summed E-state index contributed by atoms with van der Waals surface area (Å²) in [6.07, 6.45) is 3.03. The van der Waals surface area contributed by atoms with Crippen LogP contribution in [0.2, 0.25) is 0 Å². The third-order valence-corrected chi connectivity index (χ3v) is 5.68. The van der Waals surface area contributed by atoms with Gasteiger partial charge < -0.3 is 15.7 Å². The van der Waals surface area contributed by atoms with Gasteiger partial charge >= 0.3 is 5.97 Å². The predicted molar refractivity (Wildman–Crippen MR) is 96.6 cm³/mol. The Bertz CT molecular complexity index is 970. The Kier molecular flexibility index (Phi) is 3.80. The lowest BCUT2D eigenvalue weighted by atomic mass is 10.0. The Morgan fingerprint density at radius 2 is 2.04 bits per heavy atom. The first kappa shape index (κ1) is 17.0. The summed E-state index contributed by atoms with van der Waals surface area (Å²) in [7, 11) is 0. The minimum absolute atomic E-state index is 0.0236. The van der Waals surface area contributed by atoms with Gasteiger partial charge in [-0.05, 0) is 48.8 Å². The van der Waals surface area contributed by atoms with Gasteiger partial charge in [-0.25, -0.2) is 9.18 Å². The van der Waals surface area contributed by atoms with Crippen LogP contribution >= 0.6 is 0 Å². The van der Waals surface area contributed by atoms with Crippen molar-refractivity contribution in [2.75, 3.05) is 18.0 Å². The van der Waals surface area contributed by atoms with Gasteiger partial charge in [0.05, 0.1) is 17.4 Å². The molecule has 1 saturated carbocycles. The normalized spacial score (nSPS) is 23.0. The molecule has 1 saturated heterocycles. The largest absolute Gasteiger partial charge is 0.477 e. The van der Waals surface area contributed by atoms with Crippen LogP contribution in [0.15, 0.2) is 17.1 Å². The number of nitrogens with two attached hydrogens (primary N) is 1. The molecule has 2 fully saturated rings. The quantitative estimate of drug-likeness (QED) is 0.876. The third-order valence-electron chi connectivity index (χ3n) is 5.68. The second-order valence-electron chi connectivity index (χ2n) is 7.61. The van der Waals surface area contributed by atoms with Crippen molar-refractivity contribution in [3.8, 4) is 0 Å². The number of carbonyl (C=O) groups is 1. The monoisotopic (exact) mass is 359 g/mol. The van der Waals surface area contributed by atoms with Crippen molar-refractivity contribution < 1.29 is 14.3 Å². The summed E-state index contributed by atoms with van der Waals surface area (Å²) in [6, 6.07) is 1.45. The van der Waals surface area contributed by atoms with Gasteiger partial charge in [0.2, 0.25) is 0 Å². The van der Waals surface area contributed by atoms with Crippen LogP contribution in [0.1, 0.15) is 47.2 Å². The number of hydrogen-bond acceptors (Lipinski definition) is 4. The number of hydrogen-bond donors (Lipinski definition) is 2. The fraction of sp³-hybridized carbons (Fsp3) is 0.474. The number of anilines is 1. The van der Waals surface area contributed by atoms with Crippen LogP contribution in [0.4, 0.5) is 10.1 Å². The molecule has 1 aliphatic carbocycles. The van der Waals surface area contributed by atoms with Gasteiger partial charge in [-0.15, -0.1) is 0 Å². The first-order chi connectivity index (χ1) is 12.3. The SMILES string of the molecule is Cc1c(N2C[C@@H](N)[C@@H](C)C2)c(F)cn2c(=O)c(C(=O)O)cc(C3CC3)c12. The standard InChI is InChI=1S/C19H22FN3O3/c1-9-6-22(8-15(9)21)17-10(2)16-12(11-3-4-11)5-13(19(25)26)18(24)23(16)7-14(17)20/h5,7,9,11,15H,3-4,6,8,21H2,1-2H3,(H,25,26)/t9-,15+/m0/s1. The highest BCUT2D eigenvalue weighted by molar-refractivity contribution is 5.89. The molecule has 0 amide bonds. The van der Waals surface area contributed by atoms with Gasteiger partial charge in [-0.3, -0.25) is 9.20 Å². The van der Waals surface area contributed by atoms with Crippen LogP contribution in [-0.2, 0) is 0 Å². The van der Waals surface area contributed by atoms with Gasteiger partial charge in [0.1, 0.15) is 5.56 Å². The van der Waals surface area contributed by atoms with Crippen LogP contribution in [0.25, 0.3) is 5.52 Å². The molecule has 3 N–H and O–H groups in total. The fourth-order valence-electron chi connectivity index (χ4n) is 4.06. The number of aromatic carboxylic acids is 1. The van der Waals surface area contributed by atoms with E-state index >= 15 is 0 Å². The summed E-state index contributed by atoms with van der Waals surface area (Å²) in [4.78, 5) is 26.0. The summed E-state index contributed by atoms with van der Waals surface area (Å²) in [6.45, 7) is 5.06. The fourth-order valence-corrected chi connectivity index (χ4v) is 4.06. The number of carboxylic acids is 1. The molecule has 3 heterocycles. The highest BCUT2D eigenvalue weighted by atomic mass is 19.1. The average Bonchev–Trinajstić information content (AvgIpc) is 3.35. The maximum absolute atomic E-state index is 15.0. The summed E-state index contributed by atoms with van der Waals surface area (Å²) in [5.41, 5.74) is 7.67. The molecule has 0 spiro atoms. The van der Waals surface area contributed by atoms with Crippen molar-refractivity contribution in [1.29, 1.82) is 0 Å². The molecule has 6 nitrogen and oxygen atoms in total. The Hall–Kier alpha value is -2.41. The molecule has 26 heavy (non-hydrogen) atoms. The highest BCUT2D eigenvalue weighted by Crippen LogP contribution is 2.44. The molecular formula is C19H22FN3O3. The van der Waals surface area contributed by atoms with E-state index in [1.807, 2.05) is 11.8 Å². The average molecular weight is 359 g/mol. The summed E-state index contributed by atoms with van der Waals surface area (Å²) in [5.74, 6) is -1.33. The van der Waals surface area contributed by atoms with E-state index in [1.165, 1.54) is 10.5 Å². The zero-order valence-corrected chi connectivity index (χ0v) is 14.8. The van der Waals surface area contributed by atoms with E-state index < -0.39 is 17.3 Å². The maximum atomic E-state index is 15.0. The molecule has 2 aliphatic rings. The minimum atomic E-state index is -1.28. The number of nitrogens with zero attached hydrogens (tertiary/aromatic N) is 2. The molecule has 2 atom stereocenters. The molecule has 138 valence electrons. The summed E-state index contributed by atoms with van der Waals surface area (Å²) < 4.78 is 16.1. The van der Waals surface area contributed by atoms with E-state index in [1.54, 1.807) is 6.92 Å². The van der Waals surface area contributed by atoms with Crippen molar-refractivity contribution in [2.24, 2.45) is 11.7 Å². The van der Waals surface area contributed by atoms with Gasteiger partial charge in [-0.2, -0.15) is 0 Å². The van der Waals surface area contributed by atoms with Crippen molar-refractivity contribution in [1.82, 2.24) is 4.40 Å². The molecule has 2 aromatic heterocycles.